The first kappa shape index (κ1) is 15.4. The molecule has 0 saturated carbocycles. The Morgan fingerprint density at radius 2 is 2.10 bits per heavy atom. The van der Waals surface area contributed by atoms with E-state index in [-0.39, 0.29) is 11.9 Å². The van der Waals surface area contributed by atoms with Gasteiger partial charge in [-0.05, 0) is 30.4 Å². The Bertz CT molecular complexity index is 530. The van der Waals surface area contributed by atoms with Crippen molar-refractivity contribution in [2.45, 2.75) is 39.2 Å². The number of hydrogen-bond acceptors (Lipinski definition) is 2. The Balaban J connectivity index is 2.15. The van der Waals surface area contributed by atoms with Crippen LogP contribution in [0.15, 0.2) is 24.3 Å². The van der Waals surface area contributed by atoms with Gasteiger partial charge in [-0.1, -0.05) is 38.5 Å². The molecule has 1 aliphatic rings. The number of para-hydroxylation sites is 1. The zero-order valence-corrected chi connectivity index (χ0v) is 12.5. The van der Waals surface area contributed by atoms with Crippen LogP contribution in [0.5, 0.6) is 0 Å². The lowest BCUT2D eigenvalue weighted by atomic mass is 9.99. The molecular formula is C16H22N2O3. The van der Waals surface area contributed by atoms with Gasteiger partial charge in [-0.2, -0.15) is 0 Å². The molecule has 5 nitrogen and oxygen atoms in total. The van der Waals surface area contributed by atoms with Gasteiger partial charge in [-0.3, -0.25) is 4.90 Å². The maximum absolute atomic E-state index is 12.4. The molecule has 5 heteroatoms. The normalized spacial score (nSPS) is 16.8. The van der Waals surface area contributed by atoms with E-state index in [4.69, 9.17) is 0 Å². The Morgan fingerprint density at radius 3 is 2.76 bits per heavy atom. The molecule has 0 aliphatic carbocycles. The summed E-state index contributed by atoms with van der Waals surface area (Å²) in [7, 11) is 0. The molecule has 0 spiro atoms. The fourth-order valence-electron chi connectivity index (χ4n) is 2.64. The number of nitrogens with zero attached hydrogens (tertiary/aromatic N) is 1. The van der Waals surface area contributed by atoms with Gasteiger partial charge in [0.15, 0.2) is 0 Å². The minimum Gasteiger partial charge on any atom is -0.480 e. The number of rotatable bonds is 4. The highest BCUT2D eigenvalue weighted by Gasteiger charge is 2.29. The lowest BCUT2D eigenvalue weighted by Gasteiger charge is -2.31. The number of anilines is 1. The summed E-state index contributed by atoms with van der Waals surface area (Å²) < 4.78 is 0. The van der Waals surface area contributed by atoms with Crippen molar-refractivity contribution >= 4 is 17.7 Å². The molecule has 1 aliphatic heterocycles. The number of carbonyl (C=O) groups excluding carboxylic acids is 1. The van der Waals surface area contributed by atoms with Crippen molar-refractivity contribution < 1.29 is 14.7 Å². The molecule has 21 heavy (non-hydrogen) atoms. The van der Waals surface area contributed by atoms with Crippen LogP contribution < -0.4 is 10.2 Å². The first-order valence-corrected chi connectivity index (χ1v) is 7.43. The van der Waals surface area contributed by atoms with Crippen LogP contribution in [-0.2, 0) is 11.2 Å². The Morgan fingerprint density at radius 1 is 1.38 bits per heavy atom. The van der Waals surface area contributed by atoms with Crippen LogP contribution >= 0.6 is 0 Å². The zero-order chi connectivity index (χ0) is 15.4. The van der Waals surface area contributed by atoms with Crippen molar-refractivity contribution in [3.8, 4) is 0 Å². The van der Waals surface area contributed by atoms with Gasteiger partial charge in [0.25, 0.3) is 0 Å². The van der Waals surface area contributed by atoms with Crippen molar-refractivity contribution in [1.82, 2.24) is 5.32 Å². The van der Waals surface area contributed by atoms with Crippen molar-refractivity contribution in [2.24, 2.45) is 5.92 Å². The third kappa shape index (κ3) is 3.35. The molecule has 2 N–H and O–H groups in total. The van der Waals surface area contributed by atoms with Crippen LogP contribution in [0.2, 0.25) is 0 Å². The van der Waals surface area contributed by atoms with Gasteiger partial charge in [0, 0.05) is 12.2 Å². The molecule has 2 rings (SSSR count). The van der Waals surface area contributed by atoms with Gasteiger partial charge in [-0.25, -0.2) is 9.59 Å². The second-order valence-electron chi connectivity index (χ2n) is 5.53. The number of nitrogens with one attached hydrogen (secondary N) is 1. The first-order chi connectivity index (χ1) is 10.0. The number of carboxylic acid groups (broad SMARTS) is 1. The average molecular weight is 290 g/mol. The number of benzene rings is 1. The predicted molar refractivity (Wildman–Crippen MR) is 81.5 cm³/mol. The summed E-state index contributed by atoms with van der Waals surface area (Å²) in [6, 6.07) is 6.60. The standard InChI is InChI=1S/C16H22N2O3/c1-3-11(2)14(15(19)20)17-16(21)18-10-6-8-12-7-4-5-9-13(12)18/h4-5,7,9,11,14H,3,6,8,10H2,1-2H3,(H,17,21)(H,19,20)/t11-,14-/m1/s1. The number of aliphatic carboxylic acids is 1. The summed E-state index contributed by atoms with van der Waals surface area (Å²) in [5.74, 6) is -1.09. The second kappa shape index (κ2) is 6.61. The number of amides is 2. The predicted octanol–water partition coefficient (Wildman–Crippen LogP) is 2.65. The van der Waals surface area contributed by atoms with Crippen LogP contribution in [0.3, 0.4) is 0 Å². The van der Waals surface area contributed by atoms with Crippen molar-refractivity contribution in [2.75, 3.05) is 11.4 Å². The van der Waals surface area contributed by atoms with Crippen molar-refractivity contribution in [3.05, 3.63) is 29.8 Å². The third-order valence-corrected chi connectivity index (χ3v) is 4.11. The van der Waals surface area contributed by atoms with Crippen LogP contribution in [0.4, 0.5) is 10.5 Å². The number of fused-ring (bicyclic) bond motifs is 1. The van der Waals surface area contributed by atoms with E-state index in [0.717, 1.165) is 24.1 Å². The fraction of sp³-hybridized carbons (Fsp3) is 0.500. The number of carboxylic acids is 1. The molecule has 1 heterocycles. The van der Waals surface area contributed by atoms with Crippen molar-refractivity contribution in [3.63, 3.8) is 0 Å². The molecule has 1 aromatic carbocycles. The summed E-state index contributed by atoms with van der Waals surface area (Å²) in [6.07, 6.45) is 2.55. The number of aryl methyl sites for hydroxylation is 1. The number of carbonyl (C=O) groups is 2. The minimum absolute atomic E-state index is 0.105. The maximum Gasteiger partial charge on any atom is 0.326 e. The van der Waals surface area contributed by atoms with Crippen LogP contribution in [-0.4, -0.2) is 29.7 Å². The van der Waals surface area contributed by atoms with E-state index in [1.807, 2.05) is 38.1 Å². The van der Waals surface area contributed by atoms with E-state index < -0.39 is 12.0 Å². The summed E-state index contributed by atoms with van der Waals surface area (Å²) in [5, 5.41) is 11.9. The van der Waals surface area contributed by atoms with Crippen molar-refractivity contribution in [1.29, 1.82) is 0 Å². The van der Waals surface area contributed by atoms with Crippen LogP contribution in [0.25, 0.3) is 0 Å². The highest BCUT2D eigenvalue weighted by Crippen LogP contribution is 2.26. The van der Waals surface area contributed by atoms with Gasteiger partial charge >= 0.3 is 12.0 Å². The minimum atomic E-state index is -0.983. The highest BCUT2D eigenvalue weighted by atomic mass is 16.4. The van der Waals surface area contributed by atoms with E-state index in [1.165, 1.54) is 0 Å². The van der Waals surface area contributed by atoms with Crippen LogP contribution in [0.1, 0.15) is 32.3 Å². The maximum atomic E-state index is 12.4. The molecule has 2 amide bonds. The van der Waals surface area contributed by atoms with Crippen LogP contribution in [0, 0.1) is 5.92 Å². The molecule has 0 aromatic heterocycles. The van der Waals surface area contributed by atoms with E-state index in [2.05, 4.69) is 5.32 Å². The lowest BCUT2D eigenvalue weighted by molar-refractivity contribution is -0.140. The highest BCUT2D eigenvalue weighted by molar-refractivity contribution is 5.95. The Labute approximate surface area is 125 Å². The zero-order valence-electron chi connectivity index (χ0n) is 12.5. The first-order valence-electron chi connectivity index (χ1n) is 7.43. The molecule has 0 saturated heterocycles. The molecule has 0 unspecified atom stereocenters. The summed E-state index contributed by atoms with van der Waals surface area (Å²) in [6.45, 7) is 4.38. The van der Waals surface area contributed by atoms with Gasteiger partial charge in [0.1, 0.15) is 6.04 Å². The molecular weight excluding hydrogens is 268 g/mol. The molecule has 114 valence electrons. The lowest BCUT2D eigenvalue weighted by Crippen LogP contribution is -2.51. The smallest absolute Gasteiger partial charge is 0.326 e. The SMILES string of the molecule is CC[C@@H](C)[C@@H](NC(=O)N1CCCc2ccccc21)C(=O)O. The number of hydrogen-bond donors (Lipinski definition) is 2. The average Bonchev–Trinajstić information content (AvgIpc) is 2.50. The summed E-state index contributed by atoms with van der Waals surface area (Å²) in [5.41, 5.74) is 2.02. The van der Waals surface area contributed by atoms with Gasteiger partial charge in [0.05, 0.1) is 0 Å². The summed E-state index contributed by atoms with van der Waals surface area (Å²) in [4.78, 5) is 25.4. The van der Waals surface area contributed by atoms with Gasteiger partial charge in [-0.15, -0.1) is 0 Å². The van der Waals surface area contributed by atoms with E-state index >= 15 is 0 Å². The fourth-order valence-corrected chi connectivity index (χ4v) is 2.64. The molecule has 0 bridgehead atoms. The second-order valence-corrected chi connectivity index (χ2v) is 5.53. The summed E-state index contributed by atoms with van der Waals surface area (Å²) >= 11 is 0. The quantitative estimate of drug-likeness (QED) is 0.895. The number of urea groups is 1. The Hall–Kier alpha value is -2.04. The third-order valence-electron chi connectivity index (χ3n) is 4.11. The molecule has 1 aromatic rings. The van der Waals surface area contributed by atoms with E-state index in [1.54, 1.807) is 4.90 Å². The van der Waals surface area contributed by atoms with E-state index in [9.17, 15) is 14.7 Å². The largest absolute Gasteiger partial charge is 0.480 e. The Kier molecular flexibility index (Phi) is 4.83. The van der Waals surface area contributed by atoms with E-state index in [0.29, 0.717) is 13.0 Å². The molecule has 0 radical (unpaired) electrons. The monoisotopic (exact) mass is 290 g/mol. The van der Waals surface area contributed by atoms with Gasteiger partial charge < -0.3 is 10.4 Å². The molecule has 0 fully saturated rings. The topological polar surface area (TPSA) is 69.6 Å². The molecule has 2 atom stereocenters. The van der Waals surface area contributed by atoms with Gasteiger partial charge in [0.2, 0.25) is 0 Å².